The fraction of sp³-hybridized carbons (Fsp3) is 0.583. The second-order valence-electron chi connectivity index (χ2n) is 10.2. The van der Waals surface area contributed by atoms with Crippen LogP contribution in [0.15, 0.2) is 24.5 Å². The summed E-state index contributed by atoms with van der Waals surface area (Å²) in [6.45, 7) is 12.5. The van der Waals surface area contributed by atoms with Crippen molar-refractivity contribution in [2.24, 2.45) is 0 Å². The van der Waals surface area contributed by atoms with Crippen LogP contribution in [-0.2, 0) is 11.8 Å². The third kappa shape index (κ3) is 3.07. The number of benzene rings is 1. The number of anilines is 2. The molecule has 0 saturated carbocycles. The number of nitrogens with zero attached hydrogens (tertiary/aromatic N) is 4. The molecular formula is C24H31ClN4. The van der Waals surface area contributed by atoms with Gasteiger partial charge >= 0.3 is 0 Å². The molecule has 5 rings (SSSR count). The van der Waals surface area contributed by atoms with E-state index in [-0.39, 0.29) is 11.0 Å². The first-order chi connectivity index (χ1) is 13.8. The van der Waals surface area contributed by atoms with Gasteiger partial charge in [0.15, 0.2) is 0 Å². The Kier molecular flexibility index (Phi) is 4.45. The van der Waals surface area contributed by atoms with E-state index in [0.29, 0.717) is 5.92 Å². The minimum Gasteiger partial charge on any atom is -0.325 e. The molecule has 1 atom stereocenters. The van der Waals surface area contributed by atoms with Crippen LogP contribution in [0.1, 0.15) is 69.7 Å². The van der Waals surface area contributed by atoms with Crippen LogP contribution in [0.5, 0.6) is 0 Å². The molecule has 1 saturated heterocycles. The van der Waals surface area contributed by atoms with Crippen LogP contribution in [0.25, 0.3) is 0 Å². The average Bonchev–Trinajstić information content (AvgIpc) is 3.20. The summed E-state index contributed by atoms with van der Waals surface area (Å²) < 4.78 is 0. The molecule has 154 valence electrons. The van der Waals surface area contributed by atoms with Gasteiger partial charge in [-0.15, -0.1) is 0 Å². The fourth-order valence-electron chi connectivity index (χ4n) is 5.70. The maximum absolute atomic E-state index is 6.48. The number of aromatic nitrogens is 2. The van der Waals surface area contributed by atoms with Gasteiger partial charge in [-0.1, -0.05) is 18.5 Å². The molecular weight excluding hydrogens is 380 g/mol. The number of fused-ring (bicyclic) bond motifs is 3. The zero-order chi connectivity index (χ0) is 20.4. The van der Waals surface area contributed by atoms with Crippen LogP contribution in [-0.4, -0.2) is 40.0 Å². The Labute approximate surface area is 179 Å². The number of hydrogen-bond donors (Lipinski definition) is 0. The molecule has 5 heteroatoms. The third-order valence-corrected chi connectivity index (χ3v) is 7.69. The van der Waals surface area contributed by atoms with E-state index >= 15 is 0 Å². The lowest BCUT2D eigenvalue weighted by atomic mass is 9.73. The Hall–Kier alpha value is -1.65. The Morgan fingerprint density at radius 1 is 1.14 bits per heavy atom. The highest BCUT2D eigenvalue weighted by molar-refractivity contribution is 6.30. The molecule has 1 aromatic heterocycles. The smallest absolute Gasteiger partial charge is 0.140 e. The minimum absolute atomic E-state index is 0.154. The first-order valence-electron chi connectivity index (χ1n) is 10.9. The Morgan fingerprint density at radius 2 is 1.90 bits per heavy atom. The number of rotatable bonds is 1. The molecule has 0 radical (unpaired) electrons. The Morgan fingerprint density at radius 3 is 2.62 bits per heavy atom. The fourth-order valence-corrected chi connectivity index (χ4v) is 5.87. The SMILES string of the molecule is C[C@@H]1CCc2ncnc(N3CC4(CCN(C(C)(C)C)CC4)c4cc(Cl)ccc43)c21. The van der Waals surface area contributed by atoms with Gasteiger partial charge in [0.2, 0.25) is 0 Å². The molecule has 3 aliphatic rings. The number of likely N-dealkylation sites (tertiary alicyclic amines) is 1. The quantitative estimate of drug-likeness (QED) is 0.624. The molecule has 1 aliphatic carbocycles. The topological polar surface area (TPSA) is 32.3 Å². The first-order valence-corrected chi connectivity index (χ1v) is 11.3. The first kappa shape index (κ1) is 19.3. The molecule has 0 bridgehead atoms. The van der Waals surface area contributed by atoms with E-state index in [2.05, 4.69) is 54.6 Å². The number of piperidine rings is 1. The summed E-state index contributed by atoms with van der Waals surface area (Å²) in [7, 11) is 0. The van der Waals surface area contributed by atoms with Crippen molar-refractivity contribution in [1.82, 2.24) is 14.9 Å². The van der Waals surface area contributed by atoms with Crippen molar-refractivity contribution in [3.63, 3.8) is 0 Å². The third-order valence-electron chi connectivity index (χ3n) is 7.46. The van der Waals surface area contributed by atoms with Gasteiger partial charge in [-0.25, -0.2) is 9.97 Å². The van der Waals surface area contributed by atoms with E-state index in [9.17, 15) is 0 Å². The molecule has 1 fully saturated rings. The highest BCUT2D eigenvalue weighted by Gasteiger charge is 2.47. The lowest BCUT2D eigenvalue weighted by molar-refractivity contribution is 0.0788. The zero-order valence-electron chi connectivity index (χ0n) is 18.0. The van der Waals surface area contributed by atoms with E-state index in [0.717, 1.165) is 49.7 Å². The molecule has 1 spiro atoms. The maximum atomic E-state index is 6.48. The van der Waals surface area contributed by atoms with Gasteiger partial charge in [-0.3, -0.25) is 4.90 Å². The van der Waals surface area contributed by atoms with Crippen LogP contribution in [0.4, 0.5) is 11.5 Å². The standard InChI is InChI=1S/C24H31ClN4/c1-16-5-7-19-21(16)22(27-15-26-19)29-14-24(18-13-17(25)6-8-20(18)29)9-11-28(12-10-24)23(2,3)4/h6,8,13,15-16H,5,7,9-12,14H2,1-4H3/t16-/m1/s1. The summed E-state index contributed by atoms with van der Waals surface area (Å²) in [5, 5.41) is 0.838. The Bertz CT molecular complexity index is 940. The van der Waals surface area contributed by atoms with Gasteiger partial charge < -0.3 is 4.90 Å². The second kappa shape index (κ2) is 6.68. The van der Waals surface area contributed by atoms with Crippen LogP contribution < -0.4 is 4.90 Å². The molecule has 29 heavy (non-hydrogen) atoms. The Balaban J connectivity index is 1.56. The predicted octanol–water partition coefficient (Wildman–Crippen LogP) is 5.46. The molecule has 0 amide bonds. The van der Waals surface area contributed by atoms with Crippen molar-refractivity contribution in [3.8, 4) is 0 Å². The summed E-state index contributed by atoms with van der Waals surface area (Å²) >= 11 is 6.48. The lowest BCUT2D eigenvalue weighted by Gasteiger charge is -2.45. The van der Waals surface area contributed by atoms with Crippen molar-refractivity contribution in [1.29, 1.82) is 0 Å². The van der Waals surface area contributed by atoms with Crippen molar-refractivity contribution in [3.05, 3.63) is 46.4 Å². The molecule has 0 N–H and O–H groups in total. The van der Waals surface area contributed by atoms with E-state index < -0.39 is 0 Å². The van der Waals surface area contributed by atoms with Crippen molar-refractivity contribution in [2.45, 2.75) is 70.3 Å². The monoisotopic (exact) mass is 410 g/mol. The van der Waals surface area contributed by atoms with E-state index in [4.69, 9.17) is 16.6 Å². The van der Waals surface area contributed by atoms with Crippen LogP contribution in [0.2, 0.25) is 5.02 Å². The van der Waals surface area contributed by atoms with Gasteiger partial charge in [-0.05, 0) is 89.2 Å². The molecule has 3 heterocycles. The number of hydrogen-bond acceptors (Lipinski definition) is 4. The summed E-state index contributed by atoms with van der Waals surface area (Å²) in [5.74, 6) is 1.65. The highest BCUT2D eigenvalue weighted by Crippen LogP contribution is 2.52. The summed E-state index contributed by atoms with van der Waals surface area (Å²) in [4.78, 5) is 14.5. The molecule has 2 aromatic rings. The van der Waals surface area contributed by atoms with Crippen LogP contribution in [0, 0.1) is 0 Å². The molecule has 1 aromatic carbocycles. The molecule has 0 unspecified atom stereocenters. The molecule has 2 aliphatic heterocycles. The minimum atomic E-state index is 0.154. The zero-order valence-corrected chi connectivity index (χ0v) is 18.8. The summed E-state index contributed by atoms with van der Waals surface area (Å²) in [5.41, 5.74) is 5.68. The van der Waals surface area contributed by atoms with Crippen LogP contribution >= 0.6 is 11.6 Å². The summed E-state index contributed by atoms with van der Waals surface area (Å²) in [6, 6.07) is 6.45. The average molecular weight is 411 g/mol. The highest BCUT2D eigenvalue weighted by atomic mass is 35.5. The van der Waals surface area contributed by atoms with Crippen molar-refractivity contribution in [2.75, 3.05) is 24.5 Å². The summed E-state index contributed by atoms with van der Waals surface area (Å²) in [6.07, 6.45) is 6.33. The predicted molar refractivity (Wildman–Crippen MR) is 119 cm³/mol. The number of aryl methyl sites for hydroxylation is 1. The van der Waals surface area contributed by atoms with Crippen molar-refractivity contribution < 1.29 is 0 Å². The lowest BCUT2D eigenvalue weighted by Crippen LogP contribution is -2.51. The van der Waals surface area contributed by atoms with Gasteiger partial charge in [0.25, 0.3) is 0 Å². The number of halogens is 1. The largest absolute Gasteiger partial charge is 0.325 e. The normalized spacial score (nSPS) is 23.5. The van der Waals surface area contributed by atoms with Gasteiger partial charge in [-0.2, -0.15) is 0 Å². The van der Waals surface area contributed by atoms with E-state index in [1.54, 1.807) is 6.33 Å². The maximum Gasteiger partial charge on any atom is 0.140 e. The van der Waals surface area contributed by atoms with E-state index in [1.165, 1.54) is 28.9 Å². The van der Waals surface area contributed by atoms with Crippen LogP contribution in [0.3, 0.4) is 0 Å². The van der Waals surface area contributed by atoms with Crippen molar-refractivity contribution >= 4 is 23.1 Å². The molecule has 4 nitrogen and oxygen atoms in total. The van der Waals surface area contributed by atoms with Gasteiger partial charge in [0, 0.05) is 39.5 Å². The van der Waals surface area contributed by atoms with E-state index in [1.807, 2.05) is 6.07 Å². The van der Waals surface area contributed by atoms with Gasteiger partial charge in [0.05, 0.1) is 0 Å². The second-order valence-corrected chi connectivity index (χ2v) is 10.6. The van der Waals surface area contributed by atoms with Gasteiger partial charge in [0.1, 0.15) is 12.1 Å².